The maximum atomic E-state index is 12.2. The Balaban J connectivity index is 2.63. The van der Waals surface area contributed by atoms with E-state index in [0.29, 0.717) is 0 Å². The van der Waals surface area contributed by atoms with Gasteiger partial charge >= 0.3 is 0 Å². The first-order chi connectivity index (χ1) is 10.9. The minimum absolute atomic E-state index is 0.106. The van der Waals surface area contributed by atoms with Gasteiger partial charge in [0, 0.05) is 15.3 Å². The van der Waals surface area contributed by atoms with Gasteiger partial charge in [-0.05, 0) is 70.4 Å². The number of carbonyl (C=O) groups is 1. The van der Waals surface area contributed by atoms with Crippen molar-refractivity contribution in [1.29, 1.82) is 0 Å². The lowest BCUT2D eigenvalue weighted by Gasteiger charge is -2.34. The van der Waals surface area contributed by atoms with Gasteiger partial charge in [0.25, 0.3) is 5.91 Å². The third-order valence-corrected chi connectivity index (χ3v) is 5.69. The number of thiophene rings is 1. The third-order valence-electron chi connectivity index (χ3n) is 4.65. The molecule has 1 heterocycles. The molecule has 1 amide bonds. The normalized spacial score (nSPS) is 19.0. The van der Waals surface area contributed by atoms with Gasteiger partial charge in [-0.3, -0.25) is 4.79 Å². The van der Waals surface area contributed by atoms with Crippen LogP contribution in [-0.2, 0) is 9.53 Å². The standard InChI is InChI=1S/C20H31NO2S/c1-12-15(14-10-8-9-11-20(14,6)7)16(13(2)24-12)17(18(21)22)23-19(3,4)5/h10,17H,8-9,11H2,1-7H3,(H2,21,22). The Kier molecular flexibility index (Phi) is 5.31. The van der Waals surface area contributed by atoms with Gasteiger partial charge in [0.05, 0.1) is 5.60 Å². The molecule has 1 unspecified atom stereocenters. The molecule has 0 aromatic carbocycles. The van der Waals surface area contributed by atoms with Crippen LogP contribution in [0.25, 0.3) is 5.57 Å². The molecule has 1 aromatic rings. The van der Waals surface area contributed by atoms with E-state index in [9.17, 15) is 4.79 Å². The Hall–Kier alpha value is -1.13. The second kappa shape index (κ2) is 6.64. The number of nitrogens with two attached hydrogens (primary N) is 1. The topological polar surface area (TPSA) is 52.3 Å². The molecule has 1 aliphatic rings. The lowest BCUT2D eigenvalue weighted by molar-refractivity contribution is -0.140. The van der Waals surface area contributed by atoms with Crippen LogP contribution in [0.4, 0.5) is 0 Å². The van der Waals surface area contributed by atoms with E-state index in [4.69, 9.17) is 10.5 Å². The number of aryl methyl sites for hydroxylation is 2. The summed E-state index contributed by atoms with van der Waals surface area (Å²) in [5.41, 5.74) is 8.92. The van der Waals surface area contributed by atoms with Gasteiger partial charge in [0.2, 0.25) is 0 Å². The fourth-order valence-electron chi connectivity index (χ4n) is 3.61. The summed E-state index contributed by atoms with van der Waals surface area (Å²) >= 11 is 1.73. The molecule has 1 aromatic heterocycles. The number of hydrogen-bond acceptors (Lipinski definition) is 3. The average molecular weight is 350 g/mol. The van der Waals surface area contributed by atoms with Crippen molar-refractivity contribution >= 4 is 22.8 Å². The van der Waals surface area contributed by atoms with E-state index >= 15 is 0 Å². The van der Waals surface area contributed by atoms with Crippen molar-refractivity contribution in [2.24, 2.45) is 11.1 Å². The van der Waals surface area contributed by atoms with Crippen molar-refractivity contribution in [3.05, 3.63) is 27.0 Å². The zero-order valence-electron chi connectivity index (χ0n) is 16.1. The highest BCUT2D eigenvalue weighted by Gasteiger charge is 2.36. The fourth-order valence-corrected chi connectivity index (χ4v) is 4.71. The largest absolute Gasteiger partial charge is 0.367 e. The highest BCUT2D eigenvalue weighted by Crippen LogP contribution is 2.49. The second-order valence-electron chi connectivity index (χ2n) is 8.41. The van der Waals surface area contributed by atoms with E-state index in [1.54, 1.807) is 11.3 Å². The Morgan fingerprint density at radius 2 is 1.92 bits per heavy atom. The molecule has 0 saturated heterocycles. The highest BCUT2D eigenvalue weighted by atomic mass is 32.1. The van der Waals surface area contributed by atoms with Gasteiger partial charge in [0.15, 0.2) is 6.10 Å². The van der Waals surface area contributed by atoms with E-state index < -0.39 is 17.6 Å². The first-order valence-electron chi connectivity index (χ1n) is 8.72. The van der Waals surface area contributed by atoms with Crippen LogP contribution < -0.4 is 5.73 Å². The summed E-state index contributed by atoms with van der Waals surface area (Å²) in [6.45, 7) is 14.7. The zero-order chi connectivity index (χ0) is 18.3. The summed E-state index contributed by atoms with van der Waals surface area (Å²) in [6, 6.07) is 0. The molecule has 0 spiro atoms. The molecule has 3 nitrogen and oxygen atoms in total. The summed E-state index contributed by atoms with van der Waals surface area (Å²) < 4.78 is 6.08. The smallest absolute Gasteiger partial charge is 0.251 e. The fraction of sp³-hybridized carbons (Fsp3) is 0.650. The van der Waals surface area contributed by atoms with Gasteiger partial charge in [-0.1, -0.05) is 19.9 Å². The summed E-state index contributed by atoms with van der Waals surface area (Å²) in [7, 11) is 0. The van der Waals surface area contributed by atoms with Crippen LogP contribution in [0.1, 0.15) is 80.9 Å². The summed E-state index contributed by atoms with van der Waals surface area (Å²) in [6.07, 6.45) is 5.10. The van der Waals surface area contributed by atoms with E-state index in [1.807, 2.05) is 20.8 Å². The van der Waals surface area contributed by atoms with Crippen LogP contribution in [0.3, 0.4) is 0 Å². The molecule has 0 radical (unpaired) electrons. The number of hydrogen-bond donors (Lipinski definition) is 1. The number of amides is 1. The Morgan fingerprint density at radius 1 is 1.29 bits per heavy atom. The number of primary amides is 1. The average Bonchev–Trinajstić information content (AvgIpc) is 2.69. The van der Waals surface area contributed by atoms with Gasteiger partial charge in [-0.2, -0.15) is 0 Å². The van der Waals surface area contributed by atoms with Gasteiger partial charge in [-0.15, -0.1) is 11.3 Å². The van der Waals surface area contributed by atoms with Crippen molar-refractivity contribution in [1.82, 2.24) is 0 Å². The lowest BCUT2D eigenvalue weighted by Crippen LogP contribution is -2.32. The monoisotopic (exact) mass is 349 g/mol. The summed E-state index contributed by atoms with van der Waals surface area (Å²) in [5.74, 6) is -0.415. The minimum atomic E-state index is -0.705. The van der Waals surface area contributed by atoms with Crippen molar-refractivity contribution in [2.45, 2.75) is 79.4 Å². The van der Waals surface area contributed by atoms with Gasteiger partial charge < -0.3 is 10.5 Å². The minimum Gasteiger partial charge on any atom is -0.367 e. The predicted molar refractivity (Wildman–Crippen MR) is 102 cm³/mol. The Bertz CT molecular complexity index is 662. The molecule has 1 aliphatic carbocycles. The van der Waals surface area contributed by atoms with E-state index in [0.717, 1.165) is 23.3 Å². The molecular weight excluding hydrogens is 318 g/mol. The summed E-state index contributed by atoms with van der Waals surface area (Å²) in [5, 5.41) is 0. The molecule has 2 rings (SSSR count). The molecule has 1 atom stereocenters. The van der Waals surface area contributed by atoms with Crippen LogP contribution in [-0.4, -0.2) is 11.5 Å². The molecular formula is C20H31NO2S. The molecule has 0 saturated carbocycles. The number of carbonyl (C=O) groups excluding carboxylic acids is 1. The maximum absolute atomic E-state index is 12.2. The van der Waals surface area contributed by atoms with Crippen LogP contribution in [0.2, 0.25) is 0 Å². The Morgan fingerprint density at radius 3 is 2.42 bits per heavy atom. The zero-order valence-corrected chi connectivity index (χ0v) is 16.9. The first-order valence-corrected chi connectivity index (χ1v) is 9.54. The second-order valence-corrected chi connectivity index (χ2v) is 9.84. The first kappa shape index (κ1) is 19.2. The molecule has 4 heteroatoms. The van der Waals surface area contributed by atoms with Crippen molar-refractivity contribution in [3.8, 4) is 0 Å². The van der Waals surface area contributed by atoms with Crippen molar-refractivity contribution in [2.75, 3.05) is 0 Å². The number of ether oxygens (including phenoxy) is 1. The molecule has 2 N–H and O–H groups in total. The summed E-state index contributed by atoms with van der Waals surface area (Å²) in [4.78, 5) is 14.6. The van der Waals surface area contributed by atoms with Crippen LogP contribution >= 0.6 is 11.3 Å². The van der Waals surface area contributed by atoms with E-state index in [1.165, 1.54) is 22.4 Å². The van der Waals surface area contributed by atoms with E-state index in [2.05, 4.69) is 33.8 Å². The van der Waals surface area contributed by atoms with Crippen LogP contribution in [0.15, 0.2) is 6.08 Å². The molecule has 24 heavy (non-hydrogen) atoms. The lowest BCUT2D eigenvalue weighted by atomic mass is 9.72. The third kappa shape index (κ3) is 3.92. The van der Waals surface area contributed by atoms with E-state index in [-0.39, 0.29) is 5.41 Å². The molecule has 0 fully saturated rings. The van der Waals surface area contributed by atoms with Gasteiger partial charge in [-0.25, -0.2) is 0 Å². The Labute approximate surface area is 150 Å². The maximum Gasteiger partial charge on any atom is 0.251 e. The number of allylic oxidation sites excluding steroid dienone is 2. The van der Waals surface area contributed by atoms with Crippen molar-refractivity contribution < 1.29 is 9.53 Å². The molecule has 0 bridgehead atoms. The quantitative estimate of drug-likeness (QED) is 0.802. The van der Waals surface area contributed by atoms with Gasteiger partial charge in [0.1, 0.15) is 0 Å². The van der Waals surface area contributed by atoms with Crippen molar-refractivity contribution in [3.63, 3.8) is 0 Å². The highest BCUT2D eigenvalue weighted by molar-refractivity contribution is 7.12. The van der Waals surface area contributed by atoms with Crippen LogP contribution in [0, 0.1) is 19.3 Å². The molecule has 0 aliphatic heterocycles. The molecule has 134 valence electrons. The predicted octanol–water partition coefficient (Wildman–Crippen LogP) is 5.30. The SMILES string of the molecule is Cc1sc(C)c(C(OC(C)(C)C)C(N)=O)c1C1=CCCCC1(C)C. The van der Waals surface area contributed by atoms with Crippen LogP contribution in [0.5, 0.6) is 0 Å². The number of rotatable bonds is 4.